The van der Waals surface area contributed by atoms with E-state index in [1.54, 1.807) is 7.11 Å². The largest absolute Gasteiger partial charge is 0.496 e. The Hall–Kier alpha value is -1.80. The number of hydrogen-bond donors (Lipinski definition) is 1. The minimum Gasteiger partial charge on any atom is -0.496 e. The van der Waals surface area contributed by atoms with E-state index in [1.165, 1.54) is 27.8 Å². The molecular formula is C17H21NO. The van der Waals surface area contributed by atoms with E-state index >= 15 is 0 Å². The minimum atomic E-state index is 0.807. The molecule has 2 aromatic rings. The van der Waals surface area contributed by atoms with Gasteiger partial charge in [-0.1, -0.05) is 29.8 Å². The van der Waals surface area contributed by atoms with E-state index in [0.717, 1.165) is 12.3 Å². The predicted octanol–water partition coefficient (Wildman–Crippen LogP) is 3.70. The molecule has 0 atom stereocenters. The van der Waals surface area contributed by atoms with Gasteiger partial charge in [0.25, 0.3) is 0 Å². The molecule has 100 valence electrons. The summed E-state index contributed by atoms with van der Waals surface area (Å²) in [6.07, 6.45) is 0. The predicted molar refractivity (Wildman–Crippen MR) is 80.7 cm³/mol. The highest BCUT2D eigenvalue weighted by Gasteiger charge is 2.07. The van der Waals surface area contributed by atoms with Crippen LogP contribution in [0.2, 0.25) is 0 Å². The molecule has 0 unspecified atom stereocenters. The van der Waals surface area contributed by atoms with E-state index in [2.05, 4.69) is 49.5 Å². The lowest BCUT2D eigenvalue weighted by Gasteiger charge is -2.12. The normalized spacial score (nSPS) is 10.5. The van der Waals surface area contributed by atoms with E-state index < -0.39 is 0 Å². The fourth-order valence-electron chi connectivity index (χ4n) is 2.41. The van der Waals surface area contributed by atoms with Crippen LogP contribution in [-0.4, -0.2) is 14.2 Å². The zero-order chi connectivity index (χ0) is 13.8. The summed E-state index contributed by atoms with van der Waals surface area (Å²) in [5.41, 5.74) is 6.31. The highest BCUT2D eigenvalue weighted by Crippen LogP contribution is 2.29. The molecule has 0 radical (unpaired) electrons. The first-order valence-corrected chi connectivity index (χ1v) is 6.55. The van der Waals surface area contributed by atoms with Gasteiger partial charge in [-0.2, -0.15) is 0 Å². The molecule has 0 saturated heterocycles. The molecule has 0 aromatic heterocycles. The van der Waals surface area contributed by atoms with Crippen LogP contribution in [0.3, 0.4) is 0 Å². The van der Waals surface area contributed by atoms with Crippen LogP contribution >= 0.6 is 0 Å². The molecule has 2 rings (SSSR count). The Morgan fingerprint density at radius 1 is 1.05 bits per heavy atom. The van der Waals surface area contributed by atoms with Crippen LogP contribution < -0.4 is 10.1 Å². The van der Waals surface area contributed by atoms with Crippen molar-refractivity contribution in [1.29, 1.82) is 0 Å². The van der Waals surface area contributed by atoms with Crippen molar-refractivity contribution in [3.05, 3.63) is 53.1 Å². The Balaban J connectivity index is 2.47. The highest BCUT2D eigenvalue weighted by molar-refractivity contribution is 5.69. The molecule has 0 heterocycles. The zero-order valence-corrected chi connectivity index (χ0v) is 12.1. The van der Waals surface area contributed by atoms with E-state index in [0.29, 0.717) is 0 Å². The maximum atomic E-state index is 5.40. The molecule has 0 aliphatic rings. The number of ether oxygens (including phenoxy) is 1. The van der Waals surface area contributed by atoms with Crippen LogP contribution in [0.1, 0.15) is 16.7 Å². The van der Waals surface area contributed by atoms with E-state index in [-0.39, 0.29) is 0 Å². The second-order valence-corrected chi connectivity index (χ2v) is 4.88. The minimum absolute atomic E-state index is 0.807. The van der Waals surface area contributed by atoms with E-state index in [9.17, 15) is 0 Å². The molecule has 0 fully saturated rings. The Morgan fingerprint density at radius 3 is 2.47 bits per heavy atom. The van der Waals surface area contributed by atoms with Crippen molar-refractivity contribution in [2.75, 3.05) is 14.2 Å². The third-order valence-corrected chi connectivity index (χ3v) is 3.34. The van der Waals surface area contributed by atoms with E-state index in [4.69, 9.17) is 4.74 Å². The maximum Gasteiger partial charge on any atom is 0.123 e. The summed E-state index contributed by atoms with van der Waals surface area (Å²) in [5.74, 6) is 0.933. The molecule has 2 nitrogen and oxygen atoms in total. The van der Waals surface area contributed by atoms with Crippen LogP contribution in [0.25, 0.3) is 11.1 Å². The van der Waals surface area contributed by atoms with Crippen LogP contribution in [-0.2, 0) is 6.54 Å². The van der Waals surface area contributed by atoms with Crippen LogP contribution in [0, 0.1) is 13.8 Å². The Morgan fingerprint density at radius 2 is 1.84 bits per heavy atom. The molecule has 0 saturated carbocycles. The molecule has 0 bridgehead atoms. The SMILES string of the molecule is CNCc1cc(-c2ccc(C)cc2C)ccc1OC. The maximum absolute atomic E-state index is 5.40. The summed E-state index contributed by atoms with van der Waals surface area (Å²) in [4.78, 5) is 0. The summed E-state index contributed by atoms with van der Waals surface area (Å²) < 4.78 is 5.40. The van der Waals surface area contributed by atoms with Crippen LogP contribution in [0.15, 0.2) is 36.4 Å². The first-order valence-electron chi connectivity index (χ1n) is 6.55. The average Bonchev–Trinajstić information content (AvgIpc) is 2.39. The van der Waals surface area contributed by atoms with Gasteiger partial charge in [0.2, 0.25) is 0 Å². The van der Waals surface area contributed by atoms with Gasteiger partial charge in [-0.15, -0.1) is 0 Å². The lowest BCUT2D eigenvalue weighted by molar-refractivity contribution is 0.408. The Labute approximate surface area is 115 Å². The van der Waals surface area contributed by atoms with Gasteiger partial charge < -0.3 is 10.1 Å². The van der Waals surface area contributed by atoms with E-state index in [1.807, 2.05) is 13.1 Å². The van der Waals surface area contributed by atoms with Crippen molar-refractivity contribution in [2.45, 2.75) is 20.4 Å². The summed E-state index contributed by atoms with van der Waals surface area (Å²) >= 11 is 0. The number of nitrogens with one attached hydrogen (secondary N) is 1. The van der Waals surface area contributed by atoms with Gasteiger partial charge in [0.1, 0.15) is 5.75 Å². The van der Waals surface area contributed by atoms with Gasteiger partial charge in [0.05, 0.1) is 7.11 Å². The Kier molecular flexibility index (Phi) is 4.23. The smallest absolute Gasteiger partial charge is 0.123 e. The standard InChI is InChI=1S/C17H21NO/c1-12-5-7-16(13(2)9-12)14-6-8-17(19-4)15(10-14)11-18-3/h5-10,18H,11H2,1-4H3. The van der Waals surface area contributed by atoms with Gasteiger partial charge in [-0.05, 0) is 49.7 Å². The number of aryl methyl sites for hydroxylation is 2. The van der Waals surface area contributed by atoms with Crippen molar-refractivity contribution in [2.24, 2.45) is 0 Å². The van der Waals surface area contributed by atoms with Gasteiger partial charge in [-0.25, -0.2) is 0 Å². The summed E-state index contributed by atoms with van der Waals surface area (Å²) in [6, 6.07) is 12.9. The van der Waals surface area contributed by atoms with Crippen molar-refractivity contribution in [1.82, 2.24) is 5.32 Å². The average molecular weight is 255 g/mol. The third-order valence-electron chi connectivity index (χ3n) is 3.34. The highest BCUT2D eigenvalue weighted by atomic mass is 16.5. The van der Waals surface area contributed by atoms with Crippen molar-refractivity contribution < 1.29 is 4.74 Å². The fraction of sp³-hybridized carbons (Fsp3) is 0.294. The van der Waals surface area contributed by atoms with Crippen molar-refractivity contribution in [3.63, 3.8) is 0 Å². The lowest BCUT2D eigenvalue weighted by atomic mass is 9.97. The molecule has 0 spiro atoms. The van der Waals surface area contributed by atoms with Crippen LogP contribution in [0.5, 0.6) is 5.75 Å². The van der Waals surface area contributed by atoms with Gasteiger partial charge in [-0.3, -0.25) is 0 Å². The number of methoxy groups -OCH3 is 1. The van der Waals surface area contributed by atoms with Crippen molar-refractivity contribution >= 4 is 0 Å². The molecule has 2 heteroatoms. The molecule has 0 aliphatic carbocycles. The van der Waals surface area contributed by atoms with Crippen LogP contribution in [0.4, 0.5) is 0 Å². The van der Waals surface area contributed by atoms with Gasteiger partial charge >= 0.3 is 0 Å². The molecule has 19 heavy (non-hydrogen) atoms. The quantitative estimate of drug-likeness (QED) is 0.899. The summed E-state index contributed by atoms with van der Waals surface area (Å²) in [6.45, 7) is 5.09. The number of rotatable bonds is 4. The first kappa shape index (κ1) is 13.6. The molecule has 2 aromatic carbocycles. The van der Waals surface area contributed by atoms with Gasteiger partial charge in [0, 0.05) is 12.1 Å². The zero-order valence-electron chi connectivity index (χ0n) is 12.1. The second-order valence-electron chi connectivity index (χ2n) is 4.88. The number of benzene rings is 2. The molecule has 0 amide bonds. The summed E-state index contributed by atoms with van der Waals surface area (Å²) in [7, 11) is 3.66. The topological polar surface area (TPSA) is 21.3 Å². The second kappa shape index (κ2) is 5.89. The third kappa shape index (κ3) is 2.96. The summed E-state index contributed by atoms with van der Waals surface area (Å²) in [5, 5.41) is 3.18. The fourth-order valence-corrected chi connectivity index (χ4v) is 2.41. The van der Waals surface area contributed by atoms with Gasteiger partial charge in [0.15, 0.2) is 0 Å². The van der Waals surface area contributed by atoms with Crippen molar-refractivity contribution in [3.8, 4) is 16.9 Å². The number of hydrogen-bond acceptors (Lipinski definition) is 2. The molecular weight excluding hydrogens is 234 g/mol. The first-order chi connectivity index (χ1) is 9.15. The molecule has 0 aliphatic heterocycles. The monoisotopic (exact) mass is 255 g/mol. The lowest BCUT2D eigenvalue weighted by Crippen LogP contribution is -2.06. The molecule has 1 N–H and O–H groups in total. The Bertz CT molecular complexity index is 575.